The molecule has 21 heavy (non-hydrogen) atoms. The highest BCUT2D eigenvalue weighted by molar-refractivity contribution is 7.89. The molecule has 1 aliphatic rings. The molecule has 1 amide bonds. The van der Waals surface area contributed by atoms with E-state index < -0.39 is 10.0 Å². The van der Waals surface area contributed by atoms with Gasteiger partial charge in [-0.3, -0.25) is 4.79 Å². The van der Waals surface area contributed by atoms with E-state index in [1.54, 1.807) is 19.1 Å². The van der Waals surface area contributed by atoms with E-state index in [0.29, 0.717) is 11.3 Å². The molecule has 2 rings (SSSR count). The lowest BCUT2D eigenvalue weighted by Gasteiger charge is -2.16. The minimum atomic E-state index is -3.80. The van der Waals surface area contributed by atoms with E-state index >= 15 is 0 Å². The Morgan fingerprint density at radius 1 is 1.33 bits per heavy atom. The lowest BCUT2D eigenvalue weighted by atomic mass is 10.0. The van der Waals surface area contributed by atoms with Gasteiger partial charge in [-0.05, 0) is 37.5 Å². The molecule has 1 saturated carbocycles. The minimum Gasteiger partial charge on any atom is -0.327 e. The van der Waals surface area contributed by atoms with Gasteiger partial charge in [-0.1, -0.05) is 12.5 Å². The number of halogens is 1. The third-order valence-electron chi connectivity index (χ3n) is 3.67. The predicted octanol–water partition coefficient (Wildman–Crippen LogP) is 1.13. The molecule has 118 valence electrons. The SMILES string of the molecule is Cc1ccc(NC(=O)C2CCCC2N)cc1S(N)(=O)=O.Cl. The number of sulfonamides is 1. The van der Waals surface area contributed by atoms with Crippen molar-refractivity contribution in [3.63, 3.8) is 0 Å². The monoisotopic (exact) mass is 333 g/mol. The van der Waals surface area contributed by atoms with Crippen molar-refractivity contribution in [2.75, 3.05) is 5.32 Å². The predicted molar refractivity (Wildman–Crippen MR) is 83.7 cm³/mol. The molecule has 2 unspecified atom stereocenters. The van der Waals surface area contributed by atoms with Crippen molar-refractivity contribution in [2.24, 2.45) is 16.8 Å². The first kappa shape index (κ1) is 17.9. The highest BCUT2D eigenvalue weighted by Crippen LogP contribution is 2.26. The van der Waals surface area contributed by atoms with Crippen LogP contribution in [0.5, 0.6) is 0 Å². The van der Waals surface area contributed by atoms with Gasteiger partial charge in [0.1, 0.15) is 0 Å². The minimum absolute atomic E-state index is 0. The van der Waals surface area contributed by atoms with Crippen LogP contribution in [0.4, 0.5) is 5.69 Å². The van der Waals surface area contributed by atoms with E-state index in [0.717, 1.165) is 19.3 Å². The molecule has 0 aromatic heterocycles. The summed E-state index contributed by atoms with van der Waals surface area (Å²) in [5.74, 6) is -0.381. The van der Waals surface area contributed by atoms with Gasteiger partial charge >= 0.3 is 0 Å². The molecule has 0 bridgehead atoms. The zero-order valence-electron chi connectivity index (χ0n) is 11.7. The second-order valence-electron chi connectivity index (χ2n) is 5.22. The van der Waals surface area contributed by atoms with Crippen molar-refractivity contribution in [2.45, 2.75) is 37.1 Å². The average Bonchev–Trinajstić information content (AvgIpc) is 2.76. The fourth-order valence-electron chi connectivity index (χ4n) is 2.53. The van der Waals surface area contributed by atoms with Gasteiger partial charge in [-0.15, -0.1) is 12.4 Å². The Bertz CT molecular complexity index is 634. The van der Waals surface area contributed by atoms with Crippen LogP contribution in [0.15, 0.2) is 23.1 Å². The molecule has 1 aromatic rings. The molecule has 6 nitrogen and oxygen atoms in total. The molecule has 0 spiro atoms. The number of carbonyl (C=O) groups excluding carboxylic acids is 1. The first-order valence-corrected chi connectivity index (χ1v) is 8.03. The van der Waals surface area contributed by atoms with Gasteiger partial charge in [0.2, 0.25) is 15.9 Å². The van der Waals surface area contributed by atoms with Crippen molar-refractivity contribution >= 4 is 34.0 Å². The summed E-state index contributed by atoms with van der Waals surface area (Å²) >= 11 is 0. The topological polar surface area (TPSA) is 115 Å². The van der Waals surface area contributed by atoms with E-state index in [2.05, 4.69) is 5.32 Å². The summed E-state index contributed by atoms with van der Waals surface area (Å²) < 4.78 is 22.9. The lowest BCUT2D eigenvalue weighted by molar-refractivity contribution is -0.120. The molecule has 2 atom stereocenters. The number of aryl methyl sites for hydroxylation is 1. The fourth-order valence-corrected chi connectivity index (χ4v) is 3.34. The molecule has 0 heterocycles. The molecule has 0 radical (unpaired) electrons. The number of benzene rings is 1. The Hall–Kier alpha value is -1.15. The maximum atomic E-state index is 12.1. The van der Waals surface area contributed by atoms with Gasteiger partial charge in [0, 0.05) is 11.7 Å². The molecular weight excluding hydrogens is 314 g/mol. The quantitative estimate of drug-likeness (QED) is 0.768. The van der Waals surface area contributed by atoms with Crippen LogP contribution >= 0.6 is 12.4 Å². The zero-order valence-corrected chi connectivity index (χ0v) is 13.3. The molecule has 5 N–H and O–H groups in total. The molecule has 8 heteroatoms. The summed E-state index contributed by atoms with van der Waals surface area (Å²) in [6, 6.07) is 4.52. The first-order chi connectivity index (χ1) is 9.29. The largest absolute Gasteiger partial charge is 0.327 e. The van der Waals surface area contributed by atoms with E-state index in [4.69, 9.17) is 10.9 Å². The third-order valence-corrected chi connectivity index (χ3v) is 4.72. The van der Waals surface area contributed by atoms with Gasteiger partial charge in [0.25, 0.3) is 0 Å². The number of nitrogens with one attached hydrogen (secondary N) is 1. The highest BCUT2D eigenvalue weighted by Gasteiger charge is 2.30. The van der Waals surface area contributed by atoms with Gasteiger partial charge in [-0.2, -0.15) is 0 Å². The van der Waals surface area contributed by atoms with Crippen LogP contribution in [0.25, 0.3) is 0 Å². The van der Waals surface area contributed by atoms with Crippen LogP contribution in [0, 0.1) is 12.8 Å². The van der Waals surface area contributed by atoms with Crippen LogP contribution in [0.3, 0.4) is 0 Å². The van der Waals surface area contributed by atoms with Gasteiger partial charge in [0.15, 0.2) is 0 Å². The average molecular weight is 334 g/mol. The number of primary sulfonamides is 1. The summed E-state index contributed by atoms with van der Waals surface area (Å²) in [6.45, 7) is 1.65. The van der Waals surface area contributed by atoms with Crippen LogP contribution in [0.2, 0.25) is 0 Å². The number of rotatable bonds is 3. The summed E-state index contributed by atoms with van der Waals surface area (Å²) in [6.07, 6.45) is 2.55. The Morgan fingerprint density at radius 2 is 2.00 bits per heavy atom. The Labute approximate surface area is 130 Å². The number of hydrogen-bond acceptors (Lipinski definition) is 4. The summed E-state index contributed by atoms with van der Waals surface area (Å²) in [5, 5.41) is 7.86. The highest BCUT2D eigenvalue weighted by atomic mass is 35.5. The van der Waals surface area contributed by atoms with Crippen LogP contribution in [-0.2, 0) is 14.8 Å². The number of carbonyl (C=O) groups is 1. The fraction of sp³-hybridized carbons (Fsp3) is 0.462. The molecule has 0 aliphatic heterocycles. The summed E-state index contributed by atoms with van der Waals surface area (Å²) in [5.41, 5.74) is 6.84. The third kappa shape index (κ3) is 4.16. The van der Waals surface area contributed by atoms with E-state index in [-0.39, 0.29) is 35.2 Å². The van der Waals surface area contributed by atoms with Gasteiger partial charge < -0.3 is 11.1 Å². The van der Waals surface area contributed by atoms with Crippen LogP contribution in [-0.4, -0.2) is 20.4 Å². The van der Waals surface area contributed by atoms with Crippen LogP contribution < -0.4 is 16.2 Å². The number of anilines is 1. The second kappa shape index (κ2) is 6.74. The van der Waals surface area contributed by atoms with Crippen LogP contribution in [0.1, 0.15) is 24.8 Å². The van der Waals surface area contributed by atoms with Crippen molar-refractivity contribution < 1.29 is 13.2 Å². The molecule has 0 saturated heterocycles. The van der Waals surface area contributed by atoms with Crippen molar-refractivity contribution in [1.82, 2.24) is 0 Å². The van der Waals surface area contributed by atoms with E-state index in [9.17, 15) is 13.2 Å². The Kier molecular flexibility index (Phi) is 5.75. The zero-order chi connectivity index (χ0) is 14.9. The van der Waals surface area contributed by atoms with Crippen molar-refractivity contribution in [3.05, 3.63) is 23.8 Å². The first-order valence-electron chi connectivity index (χ1n) is 6.49. The second-order valence-corrected chi connectivity index (χ2v) is 6.75. The summed E-state index contributed by atoms with van der Waals surface area (Å²) in [4.78, 5) is 12.1. The van der Waals surface area contributed by atoms with Gasteiger partial charge in [-0.25, -0.2) is 13.6 Å². The smallest absolute Gasteiger partial charge is 0.238 e. The van der Waals surface area contributed by atoms with E-state index in [1.807, 2.05) is 0 Å². The van der Waals surface area contributed by atoms with E-state index in [1.165, 1.54) is 6.07 Å². The number of amides is 1. The Morgan fingerprint density at radius 3 is 2.52 bits per heavy atom. The van der Waals surface area contributed by atoms with Gasteiger partial charge in [0.05, 0.1) is 10.8 Å². The molecular formula is C13H20ClN3O3S. The number of nitrogens with two attached hydrogens (primary N) is 2. The van der Waals surface area contributed by atoms with Crippen molar-refractivity contribution in [1.29, 1.82) is 0 Å². The molecule has 1 aromatic carbocycles. The van der Waals surface area contributed by atoms with Crippen molar-refractivity contribution in [3.8, 4) is 0 Å². The maximum Gasteiger partial charge on any atom is 0.238 e. The Balaban J connectivity index is 0.00000220. The molecule has 1 fully saturated rings. The molecule has 1 aliphatic carbocycles. The normalized spacial score (nSPS) is 21.7. The lowest BCUT2D eigenvalue weighted by Crippen LogP contribution is -2.34. The summed E-state index contributed by atoms with van der Waals surface area (Å²) in [7, 11) is -3.80. The maximum absolute atomic E-state index is 12.1. The standard InChI is InChI=1S/C13H19N3O3S.ClH/c1-8-5-6-9(7-12(8)20(15,18)19)16-13(17)10-3-2-4-11(10)14;/h5-7,10-11H,2-4,14H2,1H3,(H,16,17)(H2,15,18,19);1H. The number of hydrogen-bond donors (Lipinski definition) is 3.